The highest BCUT2D eigenvalue weighted by Crippen LogP contribution is 2.34. The van der Waals surface area contributed by atoms with Gasteiger partial charge < -0.3 is 10.6 Å². The van der Waals surface area contributed by atoms with Crippen molar-refractivity contribution in [1.29, 1.82) is 0 Å². The summed E-state index contributed by atoms with van der Waals surface area (Å²) in [4.78, 5) is 2.13. The Morgan fingerprint density at radius 3 is 2.45 bits per heavy atom. The smallest absolute Gasteiger partial charge is 0.0645 e. The molecule has 1 atom stereocenters. The Labute approximate surface area is 126 Å². The molecule has 0 heterocycles. The fraction of sp³-hybridized carbons (Fsp3) is 0.294. The van der Waals surface area contributed by atoms with E-state index in [-0.39, 0.29) is 6.04 Å². The Morgan fingerprint density at radius 1 is 1.10 bits per heavy atom. The van der Waals surface area contributed by atoms with Crippen LogP contribution in [0, 0.1) is 0 Å². The third-order valence-electron chi connectivity index (χ3n) is 3.56. The Kier molecular flexibility index (Phi) is 5.05. The number of rotatable bonds is 5. The summed E-state index contributed by atoms with van der Waals surface area (Å²) in [5, 5.41) is 0.761. The van der Waals surface area contributed by atoms with Gasteiger partial charge in [0.25, 0.3) is 0 Å². The monoisotopic (exact) mass is 288 g/mol. The molecule has 2 aromatic carbocycles. The summed E-state index contributed by atoms with van der Waals surface area (Å²) in [6, 6.07) is 16.4. The van der Waals surface area contributed by atoms with Crippen LogP contribution in [0.5, 0.6) is 0 Å². The zero-order valence-electron chi connectivity index (χ0n) is 12.0. The van der Waals surface area contributed by atoms with Crippen LogP contribution >= 0.6 is 11.6 Å². The van der Waals surface area contributed by atoms with E-state index in [0.717, 1.165) is 29.2 Å². The molecule has 0 saturated heterocycles. The zero-order valence-corrected chi connectivity index (χ0v) is 12.8. The maximum Gasteiger partial charge on any atom is 0.0645 e. The molecule has 0 aromatic heterocycles. The molecule has 0 aliphatic heterocycles. The predicted octanol–water partition coefficient (Wildman–Crippen LogP) is 4.39. The summed E-state index contributed by atoms with van der Waals surface area (Å²) in [7, 11) is 2.04. The lowest BCUT2D eigenvalue weighted by Gasteiger charge is -2.25. The van der Waals surface area contributed by atoms with E-state index in [1.807, 2.05) is 37.4 Å². The minimum absolute atomic E-state index is 0.163. The average molecular weight is 289 g/mol. The van der Waals surface area contributed by atoms with Crippen LogP contribution < -0.4 is 10.6 Å². The summed E-state index contributed by atoms with van der Waals surface area (Å²) in [6.07, 6.45) is 1.80. The molecular formula is C17H21ClN2. The fourth-order valence-corrected chi connectivity index (χ4v) is 2.63. The molecule has 0 saturated carbocycles. The van der Waals surface area contributed by atoms with Crippen LogP contribution in [0.25, 0.3) is 0 Å². The van der Waals surface area contributed by atoms with E-state index >= 15 is 0 Å². The van der Waals surface area contributed by atoms with Gasteiger partial charge in [-0.1, -0.05) is 48.9 Å². The van der Waals surface area contributed by atoms with Crippen molar-refractivity contribution in [3.05, 3.63) is 59.1 Å². The number of halogens is 1. The second kappa shape index (κ2) is 6.78. The molecule has 2 N–H and O–H groups in total. The van der Waals surface area contributed by atoms with Crippen LogP contribution in [-0.4, -0.2) is 13.1 Å². The molecule has 0 aliphatic rings. The summed E-state index contributed by atoms with van der Waals surface area (Å²) in [6.45, 7) is 2.11. The number of nitrogens with two attached hydrogens (primary N) is 1. The van der Waals surface area contributed by atoms with E-state index in [0.29, 0.717) is 0 Å². The van der Waals surface area contributed by atoms with Gasteiger partial charge in [0.15, 0.2) is 0 Å². The highest BCUT2D eigenvalue weighted by molar-refractivity contribution is 6.33. The largest absolute Gasteiger partial charge is 0.343 e. The van der Waals surface area contributed by atoms with E-state index in [9.17, 15) is 0 Å². The molecule has 0 radical (unpaired) electrons. The van der Waals surface area contributed by atoms with Crippen LogP contribution in [-0.2, 0) is 6.42 Å². The first kappa shape index (κ1) is 14.9. The molecule has 0 aliphatic carbocycles. The van der Waals surface area contributed by atoms with Gasteiger partial charge in [0.05, 0.1) is 10.7 Å². The lowest BCUT2D eigenvalue weighted by molar-refractivity contribution is 0.646. The minimum Gasteiger partial charge on any atom is -0.343 e. The predicted molar refractivity (Wildman–Crippen MR) is 87.9 cm³/mol. The molecular weight excluding hydrogens is 268 g/mol. The normalized spacial score (nSPS) is 12.2. The van der Waals surface area contributed by atoms with Crippen molar-refractivity contribution in [3.63, 3.8) is 0 Å². The van der Waals surface area contributed by atoms with Gasteiger partial charge >= 0.3 is 0 Å². The molecule has 0 amide bonds. The van der Waals surface area contributed by atoms with E-state index in [4.69, 9.17) is 17.3 Å². The Bertz CT molecular complexity index is 554. The van der Waals surface area contributed by atoms with Gasteiger partial charge in [-0.2, -0.15) is 0 Å². The standard InChI is InChI=1S/C17H21ClN2/c1-3-14(19)12-13-8-7-11-16(18)17(13)20(2)15-9-5-4-6-10-15/h4-11,14H,3,12,19H2,1-2H3. The van der Waals surface area contributed by atoms with Crippen LogP contribution in [0.2, 0.25) is 5.02 Å². The van der Waals surface area contributed by atoms with Crippen LogP contribution in [0.1, 0.15) is 18.9 Å². The van der Waals surface area contributed by atoms with E-state index in [1.54, 1.807) is 0 Å². The topological polar surface area (TPSA) is 29.3 Å². The minimum atomic E-state index is 0.163. The van der Waals surface area contributed by atoms with Crippen molar-refractivity contribution in [2.45, 2.75) is 25.8 Å². The van der Waals surface area contributed by atoms with E-state index in [1.165, 1.54) is 5.56 Å². The SMILES string of the molecule is CCC(N)Cc1cccc(Cl)c1N(C)c1ccccc1. The molecule has 0 fully saturated rings. The Hall–Kier alpha value is -1.51. The fourth-order valence-electron chi connectivity index (χ4n) is 2.31. The van der Waals surface area contributed by atoms with Gasteiger partial charge in [0, 0.05) is 18.8 Å². The molecule has 0 spiro atoms. The molecule has 0 bridgehead atoms. The summed E-state index contributed by atoms with van der Waals surface area (Å²) >= 11 is 6.42. The summed E-state index contributed by atoms with van der Waals surface area (Å²) in [5.74, 6) is 0. The number of hydrogen-bond donors (Lipinski definition) is 1. The van der Waals surface area contributed by atoms with Crippen molar-refractivity contribution in [3.8, 4) is 0 Å². The molecule has 2 aromatic rings. The van der Waals surface area contributed by atoms with Crippen LogP contribution in [0.3, 0.4) is 0 Å². The van der Waals surface area contributed by atoms with Gasteiger partial charge in [0.1, 0.15) is 0 Å². The molecule has 2 nitrogen and oxygen atoms in total. The number of para-hydroxylation sites is 2. The first-order chi connectivity index (χ1) is 9.63. The van der Waals surface area contributed by atoms with Gasteiger partial charge in [-0.25, -0.2) is 0 Å². The van der Waals surface area contributed by atoms with E-state index < -0.39 is 0 Å². The highest BCUT2D eigenvalue weighted by Gasteiger charge is 2.14. The molecule has 20 heavy (non-hydrogen) atoms. The van der Waals surface area contributed by atoms with Crippen molar-refractivity contribution < 1.29 is 0 Å². The number of anilines is 2. The average Bonchev–Trinajstić information content (AvgIpc) is 2.47. The molecule has 3 heteroatoms. The van der Waals surface area contributed by atoms with E-state index in [2.05, 4.69) is 30.0 Å². The number of hydrogen-bond acceptors (Lipinski definition) is 2. The third kappa shape index (κ3) is 3.33. The summed E-state index contributed by atoms with van der Waals surface area (Å²) < 4.78 is 0. The molecule has 2 rings (SSSR count). The van der Waals surface area contributed by atoms with Crippen molar-refractivity contribution in [2.24, 2.45) is 5.73 Å². The van der Waals surface area contributed by atoms with Crippen molar-refractivity contribution in [1.82, 2.24) is 0 Å². The van der Waals surface area contributed by atoms with Gasteiger partial charge in [-0.05, 0) is 36.6 Å². The second-order valence-corrected chi connectivity index (χ2v) is 5.42. The van der Waals surface area contributed by atoms with Crippen molar-refractivity contribution in [2.75, 3.05) is 11.9 Å². The van der Waals surface area contributed by atoms with Crippen LogP contribution in [0.15, 0.2) is 48.5 Å². The highest BCUT2D eigenvalue weighted by atomic mass is 35.5. The third-order valence-corrected chi connectivity index (χ3v) is 3.86. The number of nitrogens with zero attached hydrogens (tertiary/aromatic N) is 1. The first-order valence-corrected chi connectivity index (χ1v) is 7.33. The Balaban J connectivity index is 2.39. The lowest BCUT2D eigenvalue weighted by Crippen LogP contribution is -2.23. The molecule has 106 valence electrons. The summed E-state index contributed by atoms with van der Waals surface area (Å²) in [5.41, 5.74) is 9.46. The first-order valence-electron chi connectivity index (χ1n) is 6.95. The van der Waals surface area contributed by atoms with Gasteiger partial charge in [-0.3, -0.25) is 0 Å². The quantitative estimate of drug-likeness (QED) is 0.884. The maximum atomic E-state index is 6.42. The second-order valence-electron chi connectivity index (χ2n) is 5.01. The van der Waals surface area contributed by atoms with Gasteiger partial charge in [-0.15, -0.1) is 0 Å². The number of benzene rings is 2. The van der Waals surface area contributed by atoms with Crippen molar-refractivity contribution >= 4 is 23.0 Å². The Morgan fingerprint density at radius 2 is 1.80 bits per heavy atom. The van der Waals surface area contributed by atoms with Gasteiger partial charge in [0.2, 0.25) is 0 Å². The maximum absolute atomic E-state index is 6.42. The molecule has 1 unspecified atom stereocenters. The zero-order chi connectivity index (χ0) is 14.5. The lowest BCUT2D eigenvalue weighted by atomic mass is 10.0. The van der Waals surface area contributed by atoms with Crippen LogP contribution in [0.4, 0.5) is 11.4 Å².